The number of carbonyl (C=O) groups is 1. The highest BCUT2D eigenvalue weighted by Crippen LogP contribution is 2.40. The smallest absolute Gasteiger partial charge is 0.328 e. The zero-order valence-corrected chi connectivity index (χ0v) is 14.3. The molecule has 1 heterocycles. The summed E-state index contributed by atoms with van der Waals surface area (Å²) < 4.78 is 5.10. The van der Waals surface area contributed by atoms with Gasteiger partial charge in [0, 0.05) is 11.3 Å². The third-order valence-electron chi connectivity index (χ3n) is 4.40. The molecule has 0 amide bonds. The molecule has 1 aromatic rings. The molecule has 0 spiro atoms. The van der Waals surface area contributed by atoms with Gasteiger partial charge in [-0.3, -0.25) is 0 Å². The Morgan fingerprint density at radius 1 is 1.32 bits per heavy atom. The Morgan fingerprint density at radius 2 is 2.00 bits per heavy atom. The fraction of sp³-hybridized carbons (Fsp3) is 0.526. The van der Waals surface area contributed by atoms with E-state index in [-0.39, 0.29) is 17.6 Å². The molecule has 120 valence electrons. The number of nitrogens with zero attached hydrogens (tertiary/aromatic N) is 1. The van der Waals surface area contributed by atoms with E-state index >= 15 is 0 Å². The Morgan fingerprint density at radius 3 is 2.64 bits per heavy atom. The predicted octanol–water partition coefficient (Wildman–Crippen LogP) is 4.42. The van der Waals surface area contributed by atoms with Gasteiger partial charge >= 0.3 is 5.97 Å². The summed E-state index contributed by atoms with van der Waals surface area (Å²) in [5, 5.41) is 0. The van der Waals surface area contributed by atoms with Crippen LogP contribution < -0.4 is 4.90 Å². The van der Waals surface area contributed by atoms with Crippen molar-refractivity contribution in [3.63, 3.8) is 0 Å². The number of esters is 1. The first-order chi connectivity index (χ1) is 10.4. The average Bonchev–Trinajstić information content (AvgIpc) is 2.49. The molecule has 0 N–H and O–H groups in total. The molecule has 1 unspecified atom stereocenters. The van der Waals surface area contributed by atoms with Gasteiger partial charge in [-0.1, -0.05) is 44.0 Å². The standard InChI is InChI=1S/C19H27NO2/c1-6-7-11-17(18(21)22-5)20-16-12-9-8-10-15(16)14(2)13-19(20,3)4/h8-10,12-13,17H,6-7,11H2,1-5H3. The molecule has 0 aliphatic carbocycles. The number of benzene rings is 1. The lowest BCUT2D eigenvalue weighted by atomic mass is 9.86. The molecule has 1 aliphatic heterocycles. The molecule has 1 aliphatic rings. The van der Waals surface area contributed by atoms with Crippen LogP contribution in [-0.4, -0.2) is 24.7 Å². The molecule has 3 heteroatoms. The minimum Gasteiger partial charge on any atom is -0.467 e. The van der Waals surface area contributed by atoms with E-state index in [0.29, 0.717) is 0 Å². The molecule has 0 bridgehead atoms. The lowest BCUT2D eigenvalue weighted by Gasteiger charge is -2.46. The maximum atomic E-state index is 12.4. The molecule has 0 saturated heterocycles. The van der Waals surface area contributed by atoms with Crippen LogP contribution in [0.15, 0.2) is 30.3 Å². The van der Waals surface area contributed by atoms with Crippen molar-refractivity contribution < 1.29 is 9.53 Å². The van der Waals surface area contributed by atoms with Crippen LogP contribution in [0.5, 0.6) is 0 Å². The largest absolute Gasteiger partial charge is 0.467 e. The van der Waals surface area contributed by atoms with Crippen LogP contribution in [0.4, 0.5) is 5.69 Å². The Hall–Kier alpha value is -1.77. The van der Waals surface area contributed by atoms with E-state index in [1.165, 1.54) is 18.2 Å². The number of fused-ring (bicyclic) bond motifs is 1. The van der Waals surface area contributed by atoms with E-state index in [1.807, 2.05) is 12.1 Å². The number of ether oxygens (including phenoxy) is 1. The van der Waals surface area contributed by atoms with E-state index in [4.69, 9.17) is 4.74 Å². The van der Waals surface area contributed by atoms with Crippen molar-refractivity contribution in [1.29, 1.82) is 0 Å². The average molecular weight is 301 g/mol. The zero-order chi connectivity index (χ0) is 16.3. The second-order valence-corrected chi connectivity index (χ2v) is 6.55. The highest BCUT2D eigenvalue weighted by atomic mass is 16.5. The first-order valence-corrected chi connectivity index (χ1v) is 8.08. The monoisotopic (exact) mass is 301 g/mol. The molecule has 0 radical (unpaired) electrons. The summed E-state index contributed by atoms with van der Waals surface area (Å²) >= 11 is 0. The molecular weight excluding hydrogens is 274 g/mol. The lowest BCUT2D eigenvalue weighted by Crippen LogP contribution is -2.54. The van der Waals surface area contributed by atoms with Crippen LogP contribution in [-0.2, 0) is 9.53 Å². The van der Waals surface area contributed by atoms with E-state index in [2.05, 4.69) is 50.8 Å². The molecule has 1 aromatic carbocycles. The first-order valence-electron chi connectivity index (χ1n) is 8.08. The number of allylic oxidation sites excluding steroid dienone is 1. The number of unbranched alkanes of at least 4 members (excludes halogenated alkanes) is 1. The number of carbonyl (C=O) groups excluding carboxylic acids is 1. The van der Waals surface area contributed by atoms with Crippen molar-refractivity contribution >= 4 is 17.2 Å². The van der Waals surface area contributed by atoms with Crippen molar-refractivity contribution in [2.45, 2.75) is 58.5 Å². The van der Waals surface area contributed by atoms with Crippen LogP contribution in [0, 0.1) is 0 Å². The molecular formula is C19H27NO2. The fourth-order valence-corrected chi connectivity index (χ4v) is 3.46. The van der Waals surface area contributed by atoms with Crippen LogP contribution in [0.2, 0.25) is 0 Å². The van der Waals surface area contributed by atoms with Crippen LogP contribution in [0.1, 0.15) is 52.5 Å². The second-order valence-electron chi connectivity index (χ2n) is 6.55. The van der Waals surface area contributed by atoms with Crippen molar-refractivity contribution in [2.24, 2.45) is 0 Å². The van der Waals surface area contributed by atoms with Gasteiger partial charge in [0.2, 0.25) is 0 Å². The van der Waals surface area contributed by atoms with Gasteiger partial charge in [0.15, 0.2) is 0 Å². The van der Waals surface area contributed by atoms with E-state index in [1.54, 1.807) is 0 Å². The van der Waals surface area contributed by atoms with E-state index in [0.717, 1.165) is 24.9 Å². The molecule has 2 rings (SSSR count). The number of anilines is 1. The van der Waals surface area contributed by atoms with Gasteiger partial charge in [0.05, 0.1) is 12.6 Å². The zero-order valence-electron chi connectivity index (χ0n) is 14.3. The Kier molecular flexibility index (Phi) is 4.94. The van der Waals surface area contributed by atoms with Gasteiger partial charge in [-0.15, -0.1) is 0 Å². The van der Waals surface area contributed by atoms with Gasteiger partial charge in [0.1, 0.15) is 6.04 Å². The van der Waals surface area contributed by atoms with E-state index < -0.39 is 0 Å². The van der Waals surface area contributed by atoms with Gasteiger partial charge in [-0.2, -0.15) is 0 Å². The predicted molar refractivity (Wildman–Crippen MR) is 92.0 cm³/mol. The Balaban J connectivity index is 2.51. The fourth-order valence-electron chi connectivity index (χ4n) is 3.46. The maximum absolute atomic E-state index is 12.4. The summed E-state index contributed by atoms with van der Waals surface area (Å²) in [6, 6.07) is 8.07. The lowest BCUT2D eigenvalue weighted by molar-refractivity contribution is -0.142. The Bertz CT molecular complexity index is 575. The number of methoxy groups -OCH3 is 1. The first kappa shape index (κ1) is 16.6. The highest BCUT2D eigenvalue weighted by Gasteiger charge is 2.39. The van der Waals surface area contributed by atoms with Gasteiger partial charge in [-0.25, -0.2) is 4.79 Å². The number of rotatable bonds is 5. The molecule has 3 nitrogen and oxygen atoms in total. The number of hydrogen-bond acceptors (Lipinski definition) is 3. The van der Waals surface area contributed by atoms with Crippen molar-refractivity contribution in [3.8, 4) is 0 Å². The minimum atomic E-state index is -0.245. The van der Waals surface area contributed by atoms with Crippen LogP contribution in [0.3, 0.4) is 0 Å². The molecule has 0 fully saturated rings. The quantitative estimate of drug-likeness (QED) is 0.754. The minimum absolute atomic E-state index is 0.149. The van der Waals surface area contributed by atoms with Crippen LogP contribution >= 0.6 is 0 Å². The van der Waals surface area contributed by atoms with Gasteiger partial charge in [0.25, 0.3) is 0 Å². The number of hydrogen-bond donors (Lipinski definition) is 0. The number of para-hydroxylation sites is 1. The third-order valence-corrected chi connectivity index (χ3v) is 4.40. The summed E-state index contributed by atoms with van der Waals surface area (Å²) in [4.78, 5) is 14.6. The summed E-state index contributed by atoms with van der Waals surface area (Å²) in [6.07, 6.45) is 5.14. The van der Waals surface area contributed by atoms with Crippen LogP contribution in [0.25, 0.3) is 5.57 Å². The highest BCUT2D eigenvalue weighted by molar-refractivity contribution is 5.87. The van der Waals surface area contributed by atoms with Crippen molar-refractivity contribution in [1.82, 2.24) is 0 Å². The van der Waals surface area contributed by atoms with Gasteiger partial charge in [-0.05, 0) is 38.8 Å². The summed E-state index contributed by atoms with van der Waals surface area (Å²) in [5.41, 5.74) is 3.37. The second kappa shape index (κ2) is 6.55. The maximum Gasteiger partial charge on any atom is 0.328 e. The summed E-state index contributed by atoms with van der Waals surface area (Å²) in [6.45, 7) is 8.60. The Labute approximate surface area is 134 Å². The molecule has 22 heavy (non-hydrogen) atoms. The van der Waals surface area contributed by atoms with E-state index in [9.17, 15) is 4.79 Å². The molecule has 0 saturated carbocycles. The summed E-state index contributed by atoms with van der Waals surface area (Å²) in [5.74, 6) is -0.149. The molecule has 0 aromatic heterocycles. The summed E-state index contributed by atoms with van der Waals surface area (Å²) in [7, 11) is 1.48. The van der Waals surface area contributed by atoms with Crippen molar-refractivity contribution in [3.05, 3.63) is 35.9 Å². The molecule has 1 atom stereocenters. The third kappa shape index (κ3) is 3.03. The van der Waals surface area contributed by atoms with Gasteiger partial charge < -0.3 is 9.64 Å². The SMILES string of the molecule is CCCCC(C(=O)OC)N1c2ccccc2C(C)=CC1(C)C. The normalized spacial score (nSPS) is 17.5. The topological polar surface area (TPSA) is 29.5 Å². The van der Waals surface area contributed by atoms with Crippen molar-refractivity contribution in [2.75, 3.05) is 12.0 Å².